The third-order valence-electron chi connectivity index (χ3n) is 8.60. The number of fused-ring (bicyclic) bond motifs is 5. The molecule has 0 radical (unpaired) electrons. The molecule has 5 heterocycles. The summed E-state index contributed by atoms with van der Waals surface area (Å²) in [4.78, 5) is 33.5. The summed E-state index contributed by atoms with van der Waals surface area (Å²) < 4.78 is 7.04. The van der Waals surface area contributed by atoms with Crippen molar-refractivity contribution in [3.8, 4) is 11.4 Å². The summed E-state index contributed by atoms with van der Waals surface area (Å²) in [6, 6.07) is 5.88. The Morgan fingerprint density at radius 2 is 1.95 bits per heavy atom. The lowest BCUT2D eigenvalue weighted by Gasteiger charge is -2.31. The van der Waals surface area contributed by atoms with Crippen LogP contribution in [0.5, 0.6) is 0 Å². The minimum atomic E-state index is -1.45. The molecule has 0 bridgehead atoms. The van der Waals surface area contributed by atoms with E-state index in [2.05, 4.69) is 17.9 Å². The van der Waals surface area contributed by atoms with Crippen LogP contribution >= 0.6 is 11.6 Å². The Hall–Kier alpha value is -2.74. The van der Waals surface area contributed by atoms with E-state index in [4.69, 9.17) is 21.3 Å². The number of likely N-dealkylation sites (tertiary alicyclic amines) is 1. The number of esters is 1. The van der Waals surface area contributed by atoms with E-state index in [1.807, 2.05) is 26.0 Å². The molecule has 1 saturated heterocycles. The molecule has 3 aromatic rings. The first-order valence-electron chi connectivity index (χ1n) is 13.2. The Morgan fingerprint density at radius 1 is 1.19 bits per heavy atom. The third kappa shape index (κ3) is 3.99. The van der Waals surface area contributed by atoms with Crippen LogP contribution in [0.1, 0.15) is 67.3 Å². The fourth-order valence-corrected chi connectivity index (χ4v) is 6.27. The number of piperidine rings is 1. The maximum Gasteiger partial charge on any atom is 0.309 e. The third-order valence-corrected chi connectivity index (χ3v) is 9.01. The second kappa shape index (κ2) is 8.93. The Bertz CT molecular complexity index is 1510. The number of carbonyl (C=O) groups is 1. The van der Waals surface area contributed by atoms with Gasteiger partial charge < -0.3 is 14.4 Å². The fraction of sp³-hybridized carbons (Fsp3) is 0.483. The van der Waals surface area contributed by atoms with Gasteiger partial charge in [0.2, 0.25) is 0 Å². The highest BCUT2D eigenvalue weighted by molar-refractivity contribution is 6.32. The SMILES string of the molecule is CC[C@@]1(O)CC(=O)OCc2c1cc1n(c2=O)Cc2c-1nc1cc(Cl)c(C)cc1c2CN1CCC(C)CC1. The van der Waals surface area contributed by atoms with Crippen LogP contribution in [0.3, 0.4) is 0 Å². The normalized spacial score (nSPS) is 21.9. The van der Waals surface area contributed by atoms with Crippen molar-refractivity contribution in [3.05, 3.63) is 61.4 Å². The summed E-state index contributed by atoms with van der Waals surface area (Å²) in [5.74, 6) is 0.236. The van der Waals surface area contributed by atoms with Gasteiger partial charge in [-0.15, -0.1) is 0 Å². The van der Waals surface area contributed by atoms with Gasteiger partial charge in [-0.25, -0.2) is 4.98 Å². The second-order valence-electron chi connectivity index (χ2n) is 11.0. The zero-order valence-electron chi connectivity index (χ0n) is 21.6. The first-order valence-corrected chi connectivity index (χ1v) is 13.6. The average molecular weight is 522 g/mol. The van der Waals surface area contributed by atoms with Gasteiger partial charge in [-0.1, -0.05) is 25.4 Å². The van der Waals surface area contributed by atoms with Gasteiger partial charge in [0, 0.05) is 22.5 Å². The molecule has 0 saturated carbocycles. The summed E-state index contributed by atoms with van der Waals surface area (Å²) >= 11 is 6.52. The standard InChI is InChI=1S/C29H32ClN3O4/c1-4-29(36)12-26(34)37-15-21-22(29)10-25-27-20(14-33(25)28(21)35)19(13-32-7-5-16(2)6-8-32)18-9-17(3)23(30)11-24(18)31-27/h9-11,16,36H,4-8,12-15H2,1-3H3/t29-/m1/s1. The first-order chi connectivity index (χ1) is 17.7. The number of carbonyl (C=O) groups excluding carboxylic acids is 1. The van der Waals surface area contributed by atoms with Gasteiger partial charge >= 0.3 is 5.97 Å². The van der Waals surface area contributed by atoms with Gasteiger partial charge in [-0.2, -0.15) is 0 Å². The Balaban J connectivity index is 1.56. The number of benzene rings is 1. The zero-order chi connectivity index (χ0) is 26.1. The van der Waals surface area contributed by atoms with Gasteiger partial charge in [0.25, 0.3) is 5.56 Å². The number of rotatable bonds is 3. The van der Waals surface area contributed by atoms with Crippen molar-refractivity contribution in [1.29, 1.82) is 0 Å². The molecule has 1 N–H and O–H groups in total. The maximum atomic E-state index is 13.8. The summed E-state index contributed by atoms with van der Waals surface area (Å²) in [7, 11) is 0. The average Bonchev–Trinajstić information content (AvgIpc) is 3.17. The lowest BCUT2D eigenvalue weighted by molar-refractivity contribution is -0.149. The van der Waals surface area contributed by atoms with Crippen LogP contribution in [0.25, 0.3) is 22.3 Å². The van der Waals surface area contributed by atoms with Crippen LogP contribution in [0.15, 0.2) is 23.0 Å². The molecule has 1 atom stereocenters. The molecule has 2 aromatic heterocycles. The van der Waals surface area contributed by atoms with E-state index in [9.17, 15) is 14.7 Å². The quantitative estimate of drug-likeness (QED) is 0.395. The van der Waals surface area contributed by atoms with E-state index >= 15 is 0 Å². The minimum absolute atomic E-state index is 0.130. The number of ether oxygens (including phenoxy) is 1. The lowest BCUT2D eigenvalue weighted by Crippen LogP contribution is -2.33. The molecule has 0 unspecified atom stereocenters. The van der Waals surface area contributed by atoms with Gasteiger partial charge in [-0.3, -0.25) is 14.5 Å². The summed E-state index contributed by atoms with van der Waals surface area (Å²) in [6.45, 7) is 9.27. The van der Waals surface area contributed by atoms with Gasteiger partial charge in [0.1, 0.15) is 12.2 Å². The second-order valence-corrected chi connectivity index (χ2v) is 11.4. The van der Waals surface area contributed by atoms with E-state index in [1.54, 1.807) is 4.57 Å². The molecule has 194 valence electrons. The molecule has 0 amide bonds. The number of pyridine rings is 2. The van der Waals surface area contributed by atoms with Crippen LogP contribution in [-0.4, -0.2) is 38.6 Å². The molecule has 0 aliphatic carbocycles. The molecule has 37 heavy (non-hydrogen) atoms. The van der Waals surface area contributed by atoms with E-state index in [0.29, 0.717) is 34.8 Å². The largest absolute Gasteiger partial charge is 0.460 e. The number of hydrogen-bond acceptors (Lipinski definition) is 6. The number of hydrogen-bond donors (Lipinski definition) is 1. The van der Waals surface area contributed by atoms with E-state index in [-0.39, 0.29) is 18.6 Å². The molecule has 7 nitrogen and oxygen atoms in total. The predicted octanol–water partition coefficient (Wildman–Crippen LogP) is 4.66. The highest BCUT2D eigenvalue weighted by Gasteiger charge is 2.40. The molecule has 1 aromatic carbocycles. The van der Waals surface area contributed by atoms with Crippen molar-refractivity contribution in [1.82, 2.24) is 14.5 Å². The number of halogens is 1. The number of aliphatic hydroxyl groups is 1. The summed E-state index contributed by atoms with van der Waals surface area (Å²) in [6.07, 6.45) is 2.47. The van der Waals surface area contributed by atoms with Crippen molar-refractivity contribution in [3.63, 3.8) is 0 Å². The van der Waals surface area contributed by atoms with Gasteiger partial charge in [0.15, 0.2) is 0 Å². The van der Waals surface area contributed by atoms with Crippen molar-refractivity contribution in [2.45, 2.75) is 71.8 Å². The highest BCUT2D eigenvalue weighted by Crippen LogP contribution is 2.41. The zero-order valence-corrected chi connectivity index (χ0v) is 22.3. The highest BCUT2D eigenvalue weighted by atomic mass is 35.5. The van der Waals surface area contributed by atoms with E-state index < -0.39 is 11.6 Å². The Kier molecular flexibility index (Phi) is 5.93. The monoisotopic (exact) mass is 521 g/mol. The number of cyclic esters (lactones) is 1. The fourth-order valence-electron chi connectivity index (χ4n) is 6.11. The lowest BCUT2D eigenvalue weighted by atomic mass is 9.85. The van der Waals surface area contributed by atoms with Crippen molar-refractivity contribution >= 4 is 28.5 Å². The number of aryl methyl sites for hydroxylation is 1. The summed E-state index contributed by atoms with van der Waals surface area (Å²) in [5, 5.41) is 13.2. The van der Waals surface area contributed by atoms with Crippen molar-refractivity contribution in [2.75, 3.05) is 13.1 Å². The molecule has 3 aliphatic rings. The van der Waals surface area contributed by atoms with Crippen LogP contribution in [0.2, 0.25) is 5.02 Å². The maximum absolute atomic E-state index is 13.8. The molecule has 0 spiro atoms. The Labute approximate surface area is 221 Å². The molecule has 3 aliphatic heterocycles. The van der Waals surface area contributed by atoms with Crippen molar-refractivity contribution in [2.24, 2.45) is 5.92 Å². The van der Waals surface area contributed by atoms with Gasteiger partial charge in [-0.05, 0) is 80.1 Å². The predicted molar refractivity (Wildman–Crippen MR) is 143 cm³/mol. The molecule has 6 rings (SSSR count). The smallest absolute Gasteiger partial charge is 0.309 e. The van der Waals surface area contributed by atoms with E-state index in [1.165, 1.54) is 18.4 Å². The van der Waals surface area contributed by atoms with Crippen LogP contribution in [-0.2, 0) is 34.8 Å². The van der Waals surface area contributed by atoms with Crippen LogP contribution < -0.4 is 5.56 Å². The van der Waals surface area contributed by atoms with Gasteiger partial charge in [0.05, 0.1) is 35.4 Å². The Morgan fingerprint density at radius 3 is 2.68 bits per heavy atom. The number of aromatic nitrogens is 2. The first kappa shape index (κ1) is 24.6. The summed E-state index contributed by atoms with van der Waals surface area (Å²) in [5.41, 5.74) is 4.59. The molecule has 1 fully saturated rings. The molecule has 8 heteroatoms. The molecular formula is C29H32ClN3O4. The topological polar surface area (TPSA) is 84.7 Å². The van der Waals surface area contributed by atoms with Crippen LogP contribution in [0, 0.1) is 12.8 Å². The minimum Gasteiger partial charge on any atom is -0.460 e. The van der Waals surface area contributed by atoms with E-state index in [0.717, 1.165) is 53.3 Å². The number of nitrogens with zero attached hydrogens (tertiary/aromatic N) is 3. The van der Waals surface area contributed by atoms with Crippen LogP contribution in [0.4, 0.5) is 0 Å². The molecular weight excluding hydrogens is 490 g/mol. The van der Waals surface area contributed by atoms with Crippen molar-refractivity contribution < 1.29 is 14.6 Å².